The number of fused-ring (bicyclic) bond motifs is 1. The summed E-state index contributed by atoms with van der Waals surface area (Å²) in [6.07, 6.45) is 6.56. The fourth-order valence-electron chi connectivity index (χ4n) is 3.04. The van der Waals surface area contributed by atoms with Gasteiger partial charge < -0.3 is 4.90 Å². The van der Waals surface area contributed by atoms with Gasteiger partial charge in [-0.1, -0.05) is 24.9 Å². The molecular weight excluding hydrogens is 274 g/mol. The first-order valence-electron chi connectivity index (χ1n) is 7.31. The van der Waals surface area contributed by atoms with Crippen molar-refractivity contribution >= 4 is 23.2 Å². The highest BCUT2D eigenvalue weighted by molar-refractivity contribution is 6.30. The van der Waals surface area contributed by atoms with Crippen LogP contribution in [-0.2, 0) is 0 Å². The van der Waals surface area contributed by atoms with Crippen LogP contribution >= 0.6 is 11.6 Å². The lowest BCUT2D eigenvalue weighted by atomic mass is 9.98. The van der Waals surface area contributed by atoms with E-state index < -0.39 is 0 Å². The first kappa shape index (κ1) is 13.6. The maximum absolute atomic E-state index is 6.25. The first-order valence-corrected chi connectivity index (χ1v) is 7.69. The summed E-state index contributed by atoms with van der Waals surface area (Å²) in [5, 5.41) is 4.83. The summed E-state index contributed by atoms with van der Waals surface area (Å²) in [5.74, 6) is 2.46. The third-order valence-corrected chi connectivity index (χ3v) is 4.67. The normalized spacial score (nSPS) is 20.4. The molecule has 0 aliphatic carbocycles. The number of halogens is 1. The molecule has 1 fully saturated rings. The molecule has 2 aromatic rings. The van der Waals surface area contributed by atoms with Gasteiger partial charge >= 0.3 is 0 Å². The van der Waals surface area contributed by atoms with Crippen molar-refractivity contribution in [2.24, 2.45) is 5.92 Å². The van der Waals surface area contributed by atoms with Crippen LogP contribution in [0.25, 0.3) is 5.78 Å². The van der Waals surface area contributed by atoms with Crippen molar-refractivity contribution < 1.29 is 0 Å². The fraction of sp³-hybridized carbons (Fsp3) is 0.643. The van der Waals surface area contributed by atoms with Crippen LogP contribution in [0.4, 0.5) is 5.82 Å². The Bertz CT molecular complexity index is 609. The zero-order valence-corrected chi connectivity index (χ0v) is 12.8. The maximum Gasteiger partial charge on any atom is 0.255 e. The van der Waals surface area contributed by atoms with Gasteiger partial charge in [0.05, 0.1) is 0 Å². The predicted octanol–water partition coefficient (Wildman–Crippen LogP) is 3.10. The highest BCUT2D eigenvalue weighted by Crippen LogP contribution is 2.29. The monoisotopic (exact) mass is 293 g/mol. The van der Waals surface area contributed by atoms with E-state index in [0.717, 1.165) is 30.4 Å². The summed E-state index contributed by atoms with van der Waals surface area (Å²) in [6.45, 7) is 6.39. The van der Waals surface area contributed by atoms with Gasteiger partial charge in [0.15, 0.2) is 0 Å². The van der Waals surface area contributed by atoms with Crippen molar-refractivity contribution in [2.75, 3.05) is 18.0 Å². The molecule has 0 saturated carbocycles. The Morgan fingerprint density at radius 2 is 2.20 bits per heavy atom. The number of hydrogen-bond donors (Lipinski definition) is 0. The van der Waals surface area contributed by atoms with Crippen molar-refractivity contribution in [3.8, 4) is 0 Å². The van der Waals surface area contributed by atoms with E-state index in [1.54, 1.807) is 0 Å². The molecule has 0 spiro atoms. The van der Waals surface area contributed by atoms with Crippen LogP contribution in [0.1, 0.15) is 38.2 Å². The number of rotatable bonds is 2. The van der Waals surface area contributed by atoms with Gasteiger partial charge in [0.25, 0.3) is 5.78 Å². The quantitative estimate of drug-likeness (QED) is 0.798. The highest BCUT2D eigenvalue weighted by Gasteiger charge is 2.21. The summed E-state index contributed by atoms with van der Waals surface area (Å²) in [7, 11) is 0. The third kappa shape index (κ3) is 2.35. The smallest absolute Gasteiger partial charge is 0.255 e. The van der Waals surface area contributed by atoms with Crippen molar-refractivity contribution in [2.45, 2.75) is 39.5 Å². The molecule has 108 valence electrons. The lowest BCUT2D eigenvalue weighted by molar-refractivity contribution is 0.459. The lowest BCUT2D eigenvalue weighted by Crippen LogP contribution is -2.28. The van der Waals surface area contributed by atoms with Crippen LogP contribution in [0.2, 0.25) is 5.15 Å². The Morgan fingerprint density at radius 1 is 1.35 bits per heavy atom. The van der Waals surface area contributed by atoms with Gasteiger partial charge in [-0.15, -0.1) is 0 Å². The standard InChI is InChI=1S/C14H20ClN5/c1-3-11-5-4-7-19(8-6-11)13-10(2)12(15)18-14-16-9-17-20(13)14/h9,11H,3-8H2,1-2H3. The molecule has 3 rings (SSSR count). The summed E-state index contributed by atoms with van der Waals surface area (Å²) in [4.78, 5) is 10.8. The van der Waals surface area contributed by atoms with Crippen LogP contribution in [0.5, 0.6) is 0 Å². The Kier molecular flexibility index (Phi) is 3.78. The van der Waals surface area contributed by atoms with Gasteiger partial charge in [0.1, 0.15) is 17.3 Å². The van der Waals surface area contributed by atoms with Gasteiger partial charge in [-0.25, -0.2) is 0 Å². The van der Waals surface area contributed by atoms with Crippen LogP contribution in [0, 0.1) is 12.8 Å². The Balaban J connectivity index is 2.00. The van der Waals surface area contributed by atoms with Gasteiger partial charge in [-0.05, 0) is 32.1 Å². The molecule has 1 atom stereocenters. The fourth-order valence-corrected chi connectivity index (χ4v) is 3.20. The summed E-state index contributed by atoms with van der Waals surface area (Å²) in [5.41, 5.74) is 0.986. The van der Waals surface area contributed by atoms with E-state index in [2.05, 4.69) is 26.9 Å². The average Bonchev–Trinajstić information content (AvgIpc) is 2.76. The molecule has 5 nitrogen and oxygen atoms in total. The van der Waals surface area contributed by atoms with Gasteiger partial charge in [-0.3, -0.25) is 0 Å². The number of anilines is 1. The molecule has 1 aliphatic heterocycles. The molecule has 3 heterocycles. The minimum atomic E-state index is 0.525. The van der Waals surface area contributed by atoms with E-state index in [0.29, 0.717) is 10.9 Å². The SMILES string of the molecule is CCC1CCCN(c2c(C)c(Cl)nc3ncnn23)CC1. The van der Waals surface area contributed by atoms with E-state index in [1.165, 1.54) is 32.0 Å². The Hall–Kier alpha value is -1.36. The predicted molar refractivity (Wildman–Crippen MR) is 80.4 cm³/mol. The largest absolute Gasteiger partial charge is 0.356 e. The second kappa shape index (κ2) is 5.56. The third-order valence-electron chi connectivity index (χ3n) is 4.30. The topological polar surface area (TPSA) is 46.3 Å². The molecule has 1 unspecified atom stereocenters. The van der Waals surface area contributed by atoms with Crippen molar-refractivity contribution in [1.29, 1.82) is 0 Å². The molecule has 0 bridgehead atoms. The average molecular weight is 294 g/mol. The molecule has 6 heteroatoms. The number of nitrogens with zero attached hydrogens (tertiary/aromatic N) is 5. The number of aromatic nitrogens is 4. The van der Waals surface area contributed by atoms with Crippen molar-refractivity contribution in [3.05, 3.63) is 17.0 Å². The minimum absolute atomic E-state index is 0.525. The molecule has 0 N–H and O–H groups in total. The Morgan fingerprint density at radius 3 is 3.00 bits per heavy atom. The molecule has 0 amide bonds. The van der Waals surface area contributed by atoms with Crippen LogP contribution in [-0.4, -0.2) is 32.7 Å². The molecule has 1 saturated heterocycles. The molecule has 0 aromatic carbocycles. The zero-order chi connectivity index (χ0) is 14.1. The number of hydrogen-bond acceptors (Lipinski definition) is 4. The van der Waals surface area contributed by atoms with Crippen molar-refractivity contribution in [3.63, 3.8) is 0 Å². The molecule has 20 heavy (non-hydrogen) atoms. The second-order valence-electron chi connectivity index (χ2n) is 5.52. The van der Waals surface area contributed by atoms with E-state index >= 15 is 0 Å². The van der Waals surface area contributed by atoms with Gasteiger partial charge in [0, 0.05) is 18.7 Å². The van der Waals surface area contributed by atoms with Crippen molar-refractivity contribution in [1.82, 2.24) is 19.6 Å². The minimum Gasteiger partial charge on any atom is -0.356 e. The first-order chi connectivity index (χ1) is 9.70. The highest BCUT2D eigenvalue weighted by atomic mass is 35.5. The van der Waals surface area contributed by atoms with Gasteiger partial charge in [-0.2, -0.15) is 19.6 Å². The van der Waals surface area contributed by atoms with E-state index in [4.69, 9.17) is 11.6 Å². The van der Waals surface area contributed by atoms with Crippen LogP contribution in [0.3, 0.4) is 0 Å². The Labute approximate surface area is 124 Å². The van der Waals surface area contributed by atoms with Crippen LogP contribution in [0.15, 0.2) is 6.33 Å². The molecule has 0 radical (unpaired) electrons. The maximum atomic E-state index is 6.25. The van der Waals surface area contributed by atoms with E-state index in [-0.39, 0.29) is 0 Å². The molecular formula is C14H20ClN5. The van der Waals surface area contributed by atoms with Gasteiger partial charge in [0.2, 0.25) is 0 Å². The molecule has 1 aliphatic rings. The van der Waals surface area contributed by atoms with Crippen LogP contribution < -0.4 is 4.90 Å². The second-order valence-corrected chi connectivity index (χ2v) is 5.87. The summed E-state index contributed by atoms with van der Waals surface area (Å²) >= 11 is 6.25. The summed E-state index contributed by atoms with van der Waals surface area (Å²) in [6, 6.07) is 0. The van der Waals surface area contributed by atoms with E-state index in [9.17, 15) is 0 Å². The van der Waals surface area contributed by atoms with E-state index in [1.807, 2.05) is 11.4 Å². The zero-order valence-electron chi connectivity index (χ0n) is 12.0. The lowest BCUT2D eigenvalue weighted by Gasteiger charge is -2.25. The molecule has 2 aromatic heterocycles. The summed E-state index contributed by atoms with van der Waals surface area (Å²) < 4.78 is 1.81.